The molecule has 0 atom stereocenters. The molecular formula is C20H22N4O. The van der Waals surface area contributed by atoms with Gasteiger partial charge in [-0.3, -0.25) is 9.78 Å². The fraction of sp³-hybridized carbons (Fsp3) is 0.350. The molecule has 5 heteroatoms. The molecule has 1 fully saturated rings. The third-order valence-corrected chi connectivity index (χ3v) is 4.99. The highest BCUT2D eigenvalue weighted by molar-refractivity contribution is 5.93. The minimum absolute atomic E-state index is 0.0451. The van der Waals surface area contributed by atoms with Crippen molar-refractivity contribution in [3.8, 4) is 0 Å². The number of piperidine rings is 1. The first-order chi connectivity index (χ1) is 12.2. The number of aromatic nitrogens is 3. The molecule has 3 aromatic heterocycles. The van der Waals surface area contributed by atoms with Crippen molar-refractivity contribution in [2.24, 2.45) is 5.92 Å². The maximum atomic E-state index is 12.8. The number of nitrogens with zero attached hydrogens (tertiary/aromatic N) is 4. The van der Waals surface area contributed by atoms with Gasteiger partial charge in [-0.2, -0.15) is 0 Å². The molecule has 0 aliphatic carbocycles. The Morgan fingerprint density at radius 3 is 2.64 bits per heavy atom. The molecule has 0 radical (unpaired) electrons. The van der Waals surface area contributed by atoms with Crippen molar-refractivity contribution in [2.75, 3.05) is 13.1 Å². The minimum atomic E-state index is 0.0451. The van der Waals surface area contributed by atoms with Gasteiger partial charge in [0.05, 0.1) is 0 Å². The van der Waals surface area contributed by atoms with Crippen LogP contribution in [0.3, 0.4) is 0 Å². The normalized spacial score (nSPS) is 15.6. The molecule has 0 aromatic carbocycles. The van der Waals surface area contributed by atoms with E-state index in [0.29, 0.717) is 11.6 Å². The zero-order valence-corrected chi connectivity index (χ0v) is 14.4. The van der Waals surface area contributed by atoms with Gasteiger partial charge in [-0.15, -0.1) is 0 Å². The van der Waals surface area contributed by atoms with Crippen LogP contribution in [0, 0.1) is 12.8 Å². The van der Waals surface area contributed by atoms with Crippen molar-refractivity contribution >= 4 is 11.6 Å². The van der Waals surface area contributed by atoms with Gasteiger partial charge in [-0.1, -0.05) is 6.07 Å². The highest BCUT2D eigenvalue weighted by Crippen LogP contribution is 2.22. The minimum Gasteiger partial charge on any atom is -0.337 e. The van der Waals surface area contributed by atoms with E-state index in [9.17, 15) is 4.79 Å². The van der Waals surface area contributed by atoms with E-state index in [2.05, 4.69) is 22.1 Å². The molecule has 1 aliphatic heterocycles. The van der Waals surface area contributed by atoms with E-state index < -0.39 is 0 Å². The molecule has 5 nitrogen and oxygen atoms in total. The summed E-state index contributed by atoms with van der Waals surface area (Å²) in [7, 11) is 0. The predicted molar refractivity (Wildman–Crippen MR) is 96.5 cm³/mol. The van der Waals surface area contributed by atoms with Crippen molar-refractivity contribution < 1.29 is 4.79 Å². The van der Waals surface area contributed by atoms with Crippen LogP contribution in [0.15, 0.2) is 49.1 Å². The molecule has 0 N–H and O–H groups in total. The van der Waals surface area contributed by atoms with Gasteiger partial charge < -0.3 is 9.30 Å². The summed E-state index contributed by atoms with van der Waals surface area (Å²) in [4.78, 5) is 23.3. The summed E-state index contributed by atoms with van der Waals surface area (Å²) in [5, 5.41) is 0. The highest BCUT2D eigenvalue weighted by atomic mass is 16.2. The van der Waals surface area contributed by atoms with Crippen molar-refractivity contribution in [2.45, 2.75) is 26.2 Å². The quantitative estimate of drug-likeness (QED) is 0.739. The Morgan fingerprint density at radius 2 is 1.88 bits per heavy atom. The molecule has 4 rings (SSSR count). The molecule has 25 heavy (non-hydrogen) atoms. The van der Waals surface area contributed by atoms with Crippen LogP contribution in [-0.2, 0) is 6.42 Å². The fourth-order valence-corrected chi connectivity index (χ4v) is 3.56. The number of carbonyl (C=O) groups excluding carboxylic acids is 1. The van der Waals surface area contributed by atoms with Crippen molar-refractivity contribution in [1.29, 1.82) is 0 Å². The molecule has 0 bridgehead atoms. The molecule has 3 aromatic rings. The van der Waals surface area contributed by atoms with Gasteiger partial charge in [0.15, 0.2) is 0 Å². The van der Waals surface area contributed by atoms with E-state index in [1.54, 1.807) is 0 Å². The number of fused-ring (bicyclic) bond motifs is 1. The Kier molecular flexibility index (Phi) is 4.22. The van der Waals surface area contributed by atoms with Crippen molar-refractivity contribution in [1.82, 2.24) is 19.3 Å². The standard InChI is InChI=1S/C20H22N4O/c1-15-2-3-19-22-18(14-24(19)13-15)20(25)23-10-6-17(7-11-23)12-16-4-8-21-9-5-16/h2-5,8-9,13-14,17H,6-7,10-12H2,1H3. The second kappa shape index (κ2) is 6.67. The van der Waals surface area contributed by atoms with Crippen molar-refractivity contribution in [3.05, 3.63) is 65.9 Å². The first-order valence-corrected chi connectivity index (χ1v) is 8.82. The Balaban J connectivity index is 1.40. The van der Waals surface area contributed by atoms with Crippen LogP contribution in [0.4, 0.5) is 0 Å². The van der Waals surface area contributed by atoms with E-state index in [1.807, 2.05) is 53.1 Å². The highest BCUT2D eigenvalue weighted by Gasteiger charge is 2.25. The molecule has 0 saturated carbocycles. The van der Waals surface area contributed by atoms with Crippen LogP contribution < -0.4 is 0 Å². The summed E-state index contributed by atoms with van der Waals surface area (Å²) >= 11 is 0. The van der Waals surface area contributed by atoms with Crippen LogP contribution in [0.1, 0.15) is 34.5 Å². The second-order valence-electron chi connectivity index (χ2n) is 6.89. The lowest BCUT2D eigenvalue weighted by molar-refractivity contribution is 0.0685. The van der Waals surface area contributed by atoms with Crippen LogP contribution >= 0.6 is 0 Å². The number of imidazole rings is 1. The van der Waals surface area contributed by atoms with E-state index >= 15 is 0 Å². The Hall–Kier alpha value is -2.69. The van der Waals surface area contributed by atoms with E-state index in [-0.39, 0.29) is 5.91 Å². The molecule has 0 unspecified atom stereocenters. The summed E-state index contributed by atoms with van der Waals surface area (Å²) in [5.41, 5.74) is 3.84. The third kappa shape index (κ3) is 3.40. The Labute approximate surface area is 147 Å². The average molecular weight is 334 g/mol. The third-order valence-electron chi connectivity index (χ3n) is 4.99. The van der Waals surface area contributed by atoms with Gasteiger partial charge in [-0.05, 0) is 61.4 Å². The molecule has 1 saturated heterocycles. The van der Waals surface area contributed by atoms with Gasteiger partial charge in [0.1, 0.15) is 11.3 Å². The topological polar surface area (TPSA) is 50.5 Å². The van der Waals surface area contributed by atoms with E-state index in [4.69, 9.17) is 0 Å². The molecule has 128 valence electrons. The SMILES string of the molecule is Cc1ccc2nc(C(=O)N3CCC(Cc4ccncc4)CC3)cn2c1. The summed E-state index contributed by atoms with van der Waals surface area (Å²) in [6.45, 7) is 3.65. The lowest BCUT2D eigenvalue weighted by Crippen LogP contribution is -2.39. The first kappa shape index (κ1) is 15.8. The van der Waals surface area contributed by atoms with Gasteiger partial charge >= 0.3 is 0 Å². The molecule has 4 heterocycles. The smallest absolute Gasteiger partial charge is 0.274 e. The van der Waals surface area contributed by atoms with Crippen LogP contribution in [0.5, 0.6) is 0 Å². The summed E-state index contributed by atoms with van der Waals surface area (Å²) in [5.74, 6) is 0.680. The molecule has 1 aliphatic rings. The molecular weight excluding hydrogens is 312 g/mol. The summed E-state index contributed by atoms with van der Waals surface area (Å²) < 4.78 is 1.93. The van der Waals surface area contributed by atoms with E-state index in [1.165, 1.54) is 5.56 Å². The Morgan fingerprint density at radius 1 is 1.12 bits per heavy atom. The summed E-state index contributed by atoms with van der Waals surface area (Å²) in [6, 6.07) is 8.13. The van der Waals surface area contributed by atoms with E-state index in [0.717, 1.165) is 43.6 Å². The molecule has 0 spiro atoms. The fourth-order valence-electron chi connectivity index (χ4n) is 3.56. The van der Waals surface area contributed by atoms with Crippen LogP contribution in [0.2, 0.25) is 0 Å². The average Bonchev–Trinajstić information content (AvgIpc) is 3.06. The Bertz CT molecular complexity index is 879. The number of hydrogen-bond donors (Lipinski definition) is 0. The largest absolute Gasteiger partial charge is 0.337 e. The maximum Gasteiger partial charge on any atom is 0.274 e. The number of hydrogen-bond acceptors (Lipinski definition) is 3. The van der Waals surface area contributed by atoms with Crippen LogP contribution in [-0.4, -0.2) is 38.3 Å². The second-order valence-corrected chi connectivity index (χ2v) is 6.89. The lowest BCUT2D eigenvalue weighted by atomic mass is 9.90. The number of carbonyl (C=O) groups is 1. The zero-order valence-electron chi connectivity index (χ0n) is 14.4. The van der Waals surface area contributed by atoms with Crippen molar-refractivity contribution in [3.63, 3.8) is 0 Å². The van der Waals surface area contributed by atoms with Gasteiger partial charge in [0.2, 0.25) is 0 Å². The van der Waals surface area contributed by atoms with Gasteiger partial charge in [-0.25, -0.2) is 4.98 Å². The first-order valence-electron chi connectivity index (χ1n) is 8.82. The number of aryl methyl sites for hydroxylation is 1. The molecule has 1 amide bonds. The number of rotatable bonds is 3. The predicted octanol–water partition coefficient (Wildman–Crippen LogP) is 3.13. The number of amides is 1. The lowest BCUT2D eigenvalue weighted by Gasteiger charge is -2.31. The number of likely N-dealkylation sites (tertiary alicyclic amines) is 1. The number of pyridine rings is 2. The maximum absolute atomic E-state index is 12.8. The summed E-state index contributed by atoms with van der Waals surface area (Å²) in [6.07, 6.45) is 10.7. The monoisotopic (exact) mass is 334 g/mol. The van der Waals surface area contributed by atoms with Gasteiger partial charge in [0.25, 0.3) is 5.91 Å². The zero-order chi connectivity index (χ0) is 17.2. The van der Waals surface area contributed by atoms with Gasteiger partial charge in [0, 0.05) is 37.9 Å². The van der Waals surface area contributed by atoms with Crippen LogP contribution in [0.25, 0.3) is 5.65 Å².